The number of hydrogen-bond acceptors (Lipinski definition) is 6. The third-order valence-electron chi connectivity index (χ3n) is 3.77. The third kappa shape index (κ3) is 4.01. The van der Waals surface area contributed by atoms with Crippen molar-refractivity contribution in [3.63, 3.8) is 0 Å². The Morgan fingerprint density at radius 1 is 1.20 bits per heavy atom. The van der Waals surface area contributed by atoms with Crippen molar-refractivity contribution in [3.05, 3.63) is 30.3 Å². The zero-order valence-corrected chi connectivity index (χ0v) is 14.3. The maximum absolute atomic E-state index is 11.2. The van der Waals surface area contributed by atoms with Gasteiger partial charge < -0.3 is 26.4 Å². The van der Waals surface area contributed by atoms with Crippen LogP contribution in [0.4, 0.5) is 20.3 Å². The molecule has 3 amide bonds. The Bertz CT molecular complexity index is 752. The topological polar surface area (TPSA) is 123 Å². The van der Waals surface area contributed by atoms with E-state index in [0.717, 1.165) is 42.3 Å². The van der Waals surface area contributed by atoms with Crippen LogP contribution < -0.4 is 31.7 Å². The molecular formula is C16H19N5O3S. The zero-order valence-electron chi connectivity index (χ0n) is 13.5. The number of rotatable bonds is 4. The lowest BCUT2D eigenvalue weighted by atomic mass is 10.1. The molecule has 9 heteroatoms. The Hall–Kier alpha value is -2.78. The summed E-state index contributed by atoms with van der Waals surface area (Å²) < 4.78 is 4.99. The van der Waals surface area contributed by atoms with Crippen molar-refractivity contribution >= 4 is 34.1 Å². The Balaban J connectivity index is 1.99. The van der Waals surface area contributed by atoms with Crippen LogP contribution >= 0.6 is 11.3 Å². The molecule has 0 saturated carbocycles. The summed E-state index contributed by atoms with van der Waals surface area (Å²) in [5.41, 5.74) is 12.4. The minimum absolute atomic E-state index is 0.182. The number of thiophene rings is 1. The molecule has 1 saturated heterocycles. The number of nitrogens with two attached hydrogens (primary N) is 2. The van der Waals surface area contributed by atoms with Gasteiger partial charge in [-0.1, -0.05) is 18.2 Å². The predicted octanol–water partition coefficient (Wildman–Crippen LogP) is 1.77. The molecule has 2 aromatic rings. The molecule has 6 N–H and O–H groups in total. The summed E-state index contributed by atoms with van der Waals surface area (Å²) in [6, 6.07) is 8.91. The molecule has 0 atom stereocenters. The van der Waals surface area contributed by atoms with Gasteiger partial charge in [-0.3, -0.25) is 5.32 Å². The van der Waals surface area contributed by atoms with Gasteiger partial charge in [-0.05, 0) is 6.07 Å². The quantitative estimate of drug-likeness (QED) is 0.661. The minimum atomic E-state index is -0.952. The second-order valence-corrected chi connectivity index (χ2v) is 6.52. The average Bonchev–Trinajstić information content (AvgIpc) is 2.96. The molecular weight excluding hydrogens is 342 g/mol. The minimum Gasteiger partial charge on any atom is -0.407 e. The normalized spacial score (nSPS) is 14.2. The van der Waals surface area contributed by atoms with Gasteiger partial charge >= 0.3 is 12.1 Å². The van der Waals surface area contributed by atoms with Crippen molar-refractivity contribution in [2.45, 2.75) is 0 Å². The van der Waals surface area contributed by atoms with E-state index in [1.807, 2.05) is 18.2 Å². The lowest BCUT2D eigenvalue weighted by Gasteiger charge is -2.31. The van der Waals surface area contributed by atoms with Gasteiger partial charge in [-0.2, -0.15) is 0 Å². The van der Waals surface area contributed by atoms with Crippen molar-refractivity contribution in [1.82, 2.24) is 5.32 Å². The van der Waals surface area contributed by atoms with Crippen LogP contribution in [0, 0.1) is 0 Å². The number of hydrogen-bond donors (Lipinski definition) is 4. The molecule has 1 aliphatic heterocycles. The summed E-state index contributed by atoms with van der Waals surface area (Å²) in [6.45, 7) is 3.64. The van der Waals surface area contributed by atoms with Crippen molar-refractivity contribution in [3.8, 4) is 16.2 Å². The van der Waals surface area contributed by atoms with Crippen LogP contribution in [0.15, 0.2) is 30.3 Å². The Kier molecular flexibility index (Phi) is 5.05. The molecule has 2 heterocycles. The van der Waals surface area contributed by atoms with Gasteiger partial charge in [0.2, 0.25) is 0 Å². The number of nitrogens with zero attached hydrogens (tertiary/aromatic N) is 1. The van der Waals surface area contributed by atoms with Crippen molar-refractivity contribution < 1.29 is 14.3 Å². The van der Waals surface area contributed by atoms with E-state index in [9.17, 15) is 9.59 Å². The molecule has 0 radical (unpaired) electrons. The van der Waals surface area contributed by atoms with Crippen LogP contribution in [0.3, 0.4) is 0 Å². The van der Waals surface area contributed by atoms with Crippen molar-refractivity contribution in [2.24, 2.45) is 11.5 Å². The summed E-state index contributed by atoms with van der Waals surface area (Å²) in [5.74, 6) is 0.182. The highest BCUT2D eigenvalue weighted by Crippen LogP contribution is 2.43. The first-order valence-corrected chi connectivity index (χ1v) is 8.59. The van der Waals surface area contributed by atoms with E-state index in [2.05, 4.69) is 21.6 Å². The maximum Gasteiger partial charge on any atom is 0.410 e. The number of ether oxygens (including phenoxy) is 1. The fourth-order valence-electron chi connectivity index (χ4n) is 2.75. The van der Waals surface area contributed by atoms with Crippen LogP contribution in [-0.2, 0) is 0 Å². The number of primary amides is 2. The molecule has 0 bridgehead atoms. The summed E-state index contributed by atoms with van der Waals surface area (Å²) in [6.07, 6.45) is -0.952. The lowest BCUT2D eigenvalue weighted by Crippen LogP contribution is -2.43. The molecule has 3 rings (SSSR count). The van der Waals surface area contributed by atoms with Gasteiger partial charge in [0.1, 0.15) is 5.00 Å². The predicted molar refractivity (Wildman–Crippen MR) is 98.3 cm³/mol. The number of benzene rings is 1. The summed E-state index contributed by atoms with van der Waals surface area (Å²) in [4.78, 5) is 25.4. The van der Waals surface area contributed by atoms with Gasteiger partial charge in [0.05, 0.1) is 0 Å². The molecule has 1 aromatic heterocycles. The number of anilines is 2. The van der Waals surface area contributed by atoms with Crippen LogP contribution in [0.25, 0.3) is 10.4 Å². The first-order chi connectivity index (χ1) is 12.0. The highest BCUT2D eigenvalue weighted by Gasteiger charge is 2.19. The van der Waals surface area contributed by atoms with E-state index in [4.69, 9.17) is 16.2 Å². The maximum atomic E-state index is 11.2. The molecule has 25 heavy (non-hydrogen) atoms. The number of amides is 3. The van der Waals surface area contributed by atoms with Gasteiger partial charge in [0, 0.05) is 48.4 Å². The van der Waals surface area contributed by atoms with Gasteiger partial charge in [0.15, 0.2) is 5.75 Å². The zero-order chi connectivity index (χ0) is 17.8. The van der Waals surface area contributed by atoms with Crippen LogP contribution in [0.5, 0.6) is 5.75 Å². The molecule has 0 unspecified atom stereocenters. The molecule has 132 valence electrons. The van der Waals surface area contributed by atoms with E-state index < -0.39 is 12.1 Å². The largest absolute Gasteiger partial charge is 0.410 e. The number of para-hydroxylation sites is 1. The second-order valence-electron chi connectivity index (χ2n) is 5.47. The number of nitrogens with one attached hydrogen (secondary N) is 2. The van der Waals surface area contributed by atoms with Gasteiger partial charge in [-0.15, -0.1) is 11.3 Å². The number of carbonyl (C=O) groups is 2. The van der Waals surface area contributed by atoms with E-state index in [-0.39, 0.29) is 5.75 Å². The smallest absolute Gasteiger partial charge is 0.407 e. The van der Waals surface area contributed by atoms with E-state index >= 15 is 0 Å². The monoisotopic (exact) mass is 361 g/mol. The van der Waals surface area contributed by atoms with E-state index in [1.54, 1.807) is 6.07 Å². The number of carbonyl (C=O) groups excluding carboxylic acids is 2. The molecule has 8 nitrogen and oxygen atoms in total. The van der Waals surface area contributed by atoms with Crippen molar-refractivity contribution in [1.29, 1.82) is 0 Å². The molecule has 0 spiro atoms. The highest BCUT2D eigenvalue weighted by atomic mass is 32.1. The molecule has 1 aliphatic rings. The second kappa shape index (κ2) is 7.41. The van der Waals surface area contributed by atoms with Gasteiger partial charge in [0.25, 0.3) is 0 Å². The number of urea groups is 1. The first-order valence-electron chi connectivity index (χ1n) is 7.77. The third-order valence-corrected chi connectivity index (χ3v) is 4.84. The summed E-state index contributed by atoms with van der Waals surface area (Å²) in [5, 5.41) is 6.14. The highest BCUT2D eigenvalue weighted by molar-refractivity contribution is 7.20. The van der Waals surface area contributed by atoms with Crippen LogP contribution in [0.2, 0.25) is 0 Å². The van der Waals surface area contributed by atoms with E-state index in [0.29, 0.717) is 5.00 Å². The molecule has 0 aliphatic carbocycles. The van der Waals surface area contributed by atoms with E-state index in [1.165, 1.54) is 11.3 Å². The Morgan fingerprint density at radius 2 is 1.92 bits per heavy atom. The Morgan fingerprint density at radius 3 is 2.60 bits per heavy atom. The van der Waals surface area contributed by atoms with Crippen LogP contribution in [-0.4, -0.2) is 38.3 Å². The summed E-state index contributed by atoms with van der Waals surface area (Å²) in [7, 11) is 0. The van der Waals surface area contributed by atoms with Crippen molar-refractivity contribution in [2.75, 3.05) is 36.4 Å². The first kappa shape index (κ1) is 17.1. The standard InChI is InChI=1S/C16H19N5O3S/c17-15(22)20-14-12(24-16(18)23)9-13(25-14)10-3-1-2-4-11(10)21-7-5-19-6-8-21/h1-4,9,19H,5-8H2,(H2,18,23)(H3,17,20,22). The average molecular weight is 361 g/mol. The SMILES string of the molecule is NC(=O)Nc1sc(-c2ccccc2N2CCNCC2)cc1OC(N)=O. The summed E-state index contributed by atoms with van der Waals surface area (Å²) >= 11 is 1.27. The van der Waals surface area contributed by atoms with Gasteiger partial charge in [-0.25, -0.2) is 9.59 Å². The van der Waals surface area contributed by atoms with Crippen LogP contribution in [0.1, 0.15) is 0 Å². The lowest BCUT2D eigenvalue weighted by molar-refractivity contribution is 0.211. The Labute approximate surface area is 148 Å². The molecule has 1 fully saturated rings. The number of piperazine rings is 1. The fourth-order valence-corrected chi connectivity index (χ4v) is 3.77. The molecule has 1 aromatic carbocycles. The fraction of sp³-hybridized carbons (Fsp3) is 0.250.